The predicted molar refractivity (Wildman–Crippen MR) is 49.9 cm³/mol. The molecule has 1 rings (SSSR count). The summed E-state index contributed by atoms with van der Waals surface area (Å²) in [6.07, 6.45) is 3.56. The quantitative estimate of drug-likeness (QED) is 0.671. The molecule has 0 aromatic rings. The van der Waals surface area contributed by atoms with Crippen LogP contribution in [0.1, 0.15) is 25.7 Å². The first kappa shape index (κ1) is 10.8. The fourth-order valence-electron chi connectivity index (χ4n) is 2.06. The number of rotatable bonds is 4. The van der Waals surface area contributed by atoms with Crippen LogP contribution >= 0.6 is 0 Å². The molecule has 1 fully saturated rings. The van der Waals surface area contributed by atoms with Gasteiger partial charge in [-0.25, -0.2) is 4.79 Å². The summed E-state index contributed by atoms with van der Waals surface area (Å²) >= 11 is 0. The van der Waals surface area contributed by atoms with Crippen molar-refractivity contribution in [3.63, 3.8) is 0 Å². The summed E-state index contributed by atoms with van der Waals surface area (Å²) in [5, 5.41) is 17.6. The van der Waals surface area contributed by atoms with E-state index < -0.39 is 17.9 Å². The van der Waals surface area contributed by atoms with Crippen LogP contribution in [0.15, 0.2) is 12.2 Å². The molecule has 0 bridgehead atoms. The Hall–Kier alpha value is -1.32. The summed E-state index contributed by atoms with van der Waals surface area (Å²) in [7, 11) is 0. The van der Waals surface area contributed by atoms with Gasteiger partial charge < -0.3 is 10.2 Å². The number of carbonyl (C=O) groups is 2. The van der Waals surface area contributed by atoms with E-state index >= 15 is 0 Å². The van der Waals surface area contributed by atoms with Crippen molar-refractivity contribution < 1.29 is 19.8 Å². The van der Waals surface area contributed by atoms with Crippen LogP contribution < -0.4 is 0 Å². The fraction of sp³-hybridized carbons (Fsp3) is 0.600. The van der Waals surface area contributed by atoms with Crippen LogP contribution in [0.4, 0.5) is 0 Å². The number of carboxylic acids is 2. The van der Waals surface area contributed by atoms with E-state index in [1.165, 1.54) is 0 Å². The highest BCUT2D eigenvalue weighted by molar-refractivity contribution is 5.93. The number of carboxylic acid groups (broad SMARTS) is 2. The summed E-state index contributed by atoms with van der Waals surface area (Å²) in [4.78, 5) is 21.5. The molecule has 1 aliphatic rings. The Bertz CT molecular complexity index is 263. The van der Waals surface area contributed by atoms with Gasteiger partial charge in [-0.15, -0.1) is 0 Å². The van der Waals surface area contributed by atoms with Crippen molar-refractivity contribution in [2.24, 2.45) is 11.8 Å². The minimum absolute atomic E-state index is 0.0453. The van der Waals surface area contributed by atoms with Crippen molar-refractivity contribution in [1.29, 1.82) is 0 Å². The first-order valence-corrected chi connectivity index (χ1v) is 4.69. The zero-order valence-corrected chi connectivity index (χ0v) is 7.90. The van der Waals surface area contributed by atoms with Gasteiger partial charge in [-0.2, -0.15) is 0 Å². The molecule has 14 heavy (non-hydrogen) atoms. The van der Waals surface area contributed by atoms with Gasteiger partial charge in [0.1, 0.15) is 0 Å². The maximum Gasteiger partial charge on any atom is 0.331 e. The van der Waals surface area contributed by atoms with Gasteiger partial charge in [0, 0.05) is 5.57 Å². The Morgan fingerprint density at radius 3 is 2.07 bits per heavy atom. The molecule has 0 amide bonds. The highest BCUT2D eigenvalue weighted by Crippen LogP contribution is 2.34. The van der Waals surface area contributed by atoms with Gasteiger partial charge in [0.25, 0.3) is 0 Å². The largest absolute Gasteiger partial charge is 0.481 e. The predicted octanol–water partition coefficient (Wildman–Crippen LogP) is 1.52. The molecule has 0 saturated heterocycles. The average molecular weight is 198 g/mol. The highest BCUT2D eigenvalue weighted by Gasteiger charge is 2.35. The molecule has 0 spiro atoms. The summed E-state index contributed by atoms with van der Waals surface area (Å²) in [5.41, 5.74) is -0.190. The van der Waals surface area contributed by atoms with Crippen molar-refractivity contribution in [3.8, 4) is 0 Å². The van der Waals surface area contributed by atoms with Crippen LogP contribution in [-0.4, -0.2) is 22.2 Å². The van der Waals surface area contributed by atoms with E-state index in [1.807, 2.05) is 0 Å². The minimum atomic E-state index is -1.20. The SMILES string of the molecule is C=C(C(=O)O)C(C(=O)O)C1CCCC1. The number of hydrogen-bond acceptors (Lipinski definition) is 2. The monoisotopic (exact) mass is 198 g/mol. The number of hydrogen-bond donors (Lipinski definition) is 2. The average Bonchev–Trinajstić information content (AvgIpc) is 2.56. The van der Waals surface area contributed by atoms with Crippen molar-refractivity contribution in [3.05, 3.63) is 12.2 Å². The van der Waals surface area contributed by atoms with Gasteiger partial charge in [-0.3, -0.25) is 4.79 Å². The zero-order chi connectivity index (χ0) is 10.7. The van der Waals surface area contributed by atoms with E-state index in [4.69, 9.17) is 10.2 Å². The molecule has 4 heteroatoms. The van der Waals surface area contributed by atoms with Gasteiger partial charge >= 0.3 is 11.9 Å². The van der Waals surface area contributed by atoms with Gasteiger partial charge in [0.15, 0.2) is 0 Å². The molecule has 2 N–H and O–H groups in total. The van der Waals surface area contributed by atoms with Crippen molar-refractivity contribution in [2.75, 3.05) is 0 Å². The third-order valence-electron chi connectivity index (χ3n) is 2.79. The summed E-state index contributed by atoms with van der Waals surface area (Å²) in [6, 6.07) is 0. The second kappa shape index (κ2) is 4.26. The van der Waals surface area contributed by atoms with E-state index in [0.29, 0.717) is 0 Å². The molecule has 1 aliphatic carbocycles. The van der Waals surface area contributed by atoms with Crippen molar-refractivity contribution in [2.45, 2.75) is 25.7 Å². The van der Waals surface area contributed by atoms with Crippen LogP contribution in [0.5, 0.6) is 0 Å². The maximum atomic E-state index is 10.9. The van der Waals surface area contributed by atoms with E-state index in [-0.39, 0.29) is 11.5 Å². The van der Waals surface area contributed by atoms with E-state index in [1.54, 1.807) is 0 Å². The van der Waals surface area contributed by atoms with Gasteiger partial charge in [0.2, 0.25) is 0 Å². The Morgan fingerprint density at radius 2 is 1.71 bits per heavy atom. The van der Waals surface area contributed by atoms with Gasteiger partial charge in [-0.1, -0.05) is 19.4 Å². The summed E-state index contributed by atoms with van der Waals surface area (Å²) in [5.74, 6) is -3.22. The first-order valence-electron chi connectivity index (χ1n) is 4.69. The Labute approximate surface area is 82.2 Å². The molecule has 0 heterocycles. The lowest BCUT2D eigenvalue weighted by molar-refractivity contribution is -0.145. The minimum Gasteiger partial charge on any atom is -0.481 e. The normalized spacial score (nSPS) is 19.1. The van der Waals surface area contributed by atoms with Crippen LogP contribution in [0.25, 0.3) is 0 Å². The standard InChI is InChI=1S/C10H14O4/c1-6(9(11)12)8(10(13)14)7-4-2-3-5-7/h7-8H,1-5H2,(H,11,12)(H,13,14). The second-order valence-corrected chi connectivity index (χ2v) is 3.69. The molecule has 1 saturated carbocycles. The van der Waals surface area contributed by atoms with Crippen LogP contribution in [-0.2, 0) is 9.59 Å². The summed E-state index contributed by atoms with van der Waals surface area (Å²) < 4.78 is 0. The first-order chi connectivity index (χ1) is 6.54. The van der Waals surface area contributed by atoms with Crippen molar-refractivity contribution in [1.82, 2.24) is 0 Å². The molecule has 0 aliphatic heterocycles. The van der Waals surface area contributed by atoms with Crippen LogP contribution in [0, 0.1) is 11.8 Å². The molecule has 1 atom stereocenters. The maximum absolute atomic E-state index is 10.9. The molecular formula is C10H14O4. The van der Waals surface area contributed by atoms with Gasteiger partial charge in [0.05, 0.1) is 5.92 Å². The zero-order valence-electron chi connectivity index (χ0n) is 7.90. The van der Waals surface area contributed by atoms with Crippen LogP contribution in [0.2, 0.25) is 0 Å². The number of aliphatic carboxylic acids is 2. The molecule has 0 aromatic carbocycles. The summed E-state index contributed by atoms with van der Waals surface area (Å²) in [6.45, 7) is 3.34. The van der Waals surface area contributed by atoms with E-state index in [2.05, 4.69) is 6.58 Å². The third-order valence-corrected chi connectivity index (χ3v) is 2.79. The lowest BCUT2D eigenvalue weighted by Gasteiger charge is -2.18. The highest BCUT2D eigenvalue weighted by atomic mass is 16.4. The molecule has 4 nitrogen and oxygen atoms in total. The Kier molecular flexibility index (Phi) is 3.28. The molecule has 0 aromatic heterocycles. The molecule has 1 unspecified atom stereocenters. The molecular weight excluding hydrogens is 184 g/mol. The Morgan fingerprint density at radius 1 is 1.21 bits per heavy atom. The second-order valence-electron chi connectivity index (χ2n) is 3.69. The van der Waals surface area contributed by atoms with Crippen molar-refractivity contribution >= 4 is 11.9 Å². The van der Waals surface area contributed by atoms with Crippen LogP contribution in [0.3, 0.4) is 0 Å². The lowest BCUT2D eigenvalue weighted by Crippen LogP contribution is -2.27. The smallest absolute Gasteiger partial charge is 0.331 e. The third kappa shape index (κ3) is 2.13. The lowest BCUT2D eigenvalue weighted by atomic mass is 9.85. The molecule has 78 valence electrons. The topological polar surface area (TPSA) is 74.6 Å². The van der Waals surface area contributed by atoms with Gasteiger partial charge in [-0.05, 0) is 18.8 Å². The van der Waals surface area contributed by atoms with E-state index in [9.17, 15) is 9.59 Å². The Balaban J connectivity index is 2.77. The van der Waals surface area contributed by atoms with E-state index in [0.717, 1.165) is 25.7 Å². The fourth-order valence-corrected chi connectivity index (χ4v) is 2.06. The molecule has 0 radical (unpaired) electrons.